The Labute approximate surface area is 158 Å². The van der Waals surface area contributed by atoms with Gasteiger partial charge < -0.3 is 10.2 Å². The summed E-state index contributed by atoms with van der Waals surface area (Å²) >= 11 is 0. The highest BCUT2D eigenvalue weighted by atomic mass is 35.5. The summed E-state index contributed by atoms with van der Waals surface area (Å²) in [7, 11) is 0. The van der Waals surface area contributed by atoms with Crippen molar-refractivity contribution in [2.24, 2.45) is 17.8 Å². The highest BCUT2D eigenvalue weighted by molar-refractivity contribution is 5.85. The molecule has 0 bridgehead atoms. The lowest BCUT2D eigenvalue weighted by atomic mass is 9.92. The Morgan fingerprint density at radius 1 is 1.08 bits per heavy atom. The lowest BCUT2D eigenvalue weighted by Gasteiger charge is -2.21. The first-order chi connectivity index (χ1) is 11.6. The third kappa shape index (κ3) is 3.88. The van der Waals surface area contributed by atoms with E-state index in [1.54, 1.807) is 0 Å². The van der Waals surface area contributed by atoms with Crippen LogP contribution in [0.25, 0.3) is 0 Å². The summed E-state index contributed by atoms with van der Waals surface area (Å²) in [4.78, 5) is 15.1. The van der Waals surface area contributed by atoms with Crippen LogP contribution in [0.15, 0.2) is 24.3 Å². The molecule has 4 atom stereocenters. The van der Waals surface area contributed by atoms with Crippen molar-refractivity contribution in [3.63, 3.8) is 0 Å². The summed E-state index contributed by atoms with van der Waals surface area (Å²) in [5.41, 5.74) is 2.74. The zero-order valence-corrected chi connectivity index (χ0v) is 16.2. The van der Waals surface area contributed by atoms with Crippen LogP contribution < -0.4 is 5.32 Å². The molecule has 1 aromatic carbocycles. The van der Waals surface area contributed by atoms with Crippen LogP contribution in [0.4, 0.5) is 0 Å². The van der Waals surface area contributed by atoms with E-state index in [0.717, 1.165) is 44.4 Å². The van der Waals surface area contributed by atoms with Gasteiger partial charge in [-0.2, -0.15) is 0 Å². The van der Waals surface area contributed by atoms with Gasteiger partial charge in [0.05, 0.1) is 0 Å². The predicted molar refractivity (Wildman–Crippen MR) is 104 cm³/mol. The van der Waals surface area contributed by atoms with Crippen molar-refractivity contribution in [3.05, 3.63) is 35.4 Å². The molecule has 25 heavy (non-hydrogen) atoms. The average molecular weight is 363 g/mol. The number of carbonyl (C=O) groups is 1. The van der Waals surface area contributed by atoms with Crippen molar-refractivity contribution < 1.29 is 4.79 Å². The molecule has 1 saturated carbocycles. The molecule has 2 unspecified atom stereocenters. The van der Waals surface area contributed by atoms with Gasteiger partial charge in [-0.25, -0.2) is 0 Å². The molecule has 138 valence electrons. The Morgan fingerprint density at radius 3 is 2.24 bits per heavy atom. The monoisotopic (exact) mass is 362 g/mol. The Hall–Kier alpha value is -1.06. The Morgan fingerprint density at radius 2 is 1.68 bits per heavy atom. The van der Waals surface area contributed by atoms with Gasteiger partial charge >= 0.3 is 0 Å². The van der Waals surface area contributed by atoms with Crippen LogP contribution >= 0.6 is 12.4 Å². The minimum Gasteiger partial charge on any atom is -0.342 e. The smallest absolute Gasteiger partial charge is 0.226 e. The zero-order valence-electron chi connectivity index (χ0n) is 15.4. The van der Waals surface area contributed by atoms with Crippen molar-refractivity contribution in [3.8, 4) is 0 Å². The summed E-state index contributed by atoms with van der Waals surface area (Å²) in [6.45, 7) is 8.70. The maximum Gasteiger partial charge on any atom is 0.226 e. The second-order valence-electron chi connectivity index (χ2n) is 8.35. The van der Waals surface area contributed by atoms with Gasteiger partial charge in [-0.05, 0) is 67.2 Å². The molecule has 1 N–H and O–H groups in total. The lowest BCUT2D eigenvalue weighted by molar-refractivity contribution is -0.132. The largest absolute Gasteiger partial charge is 0.342 e. The first-order valence-corrected chi connectivity index (χ1v) is 9.73. The average Bonchev–Trinajstić information content (AvgIpc) is 3.32. The number of hydrogen-bond donors (Lipinski definition) is 1. The molecular weight excluding hydrogens is 332 g/mol. The standard InChI is InChI=1S/C21H30N2O.ClH/c1-14(2)15-3-5-16(6-4-15)19-11-20(19)21(24)23-9-7-17-12-22-13-18(17)8-10-23;/h3-6,14,17-20,22H,7-13H2,1-2H3;1H/t17-,18+,19?,20?;. The molecule has 2 heterocycles. The van der Waals surface area contributed by atoms with Gasteiger partial charge in [0.15, 0.2) is 0 Å². The molecule has 4 rings (SSSR count). The van der Waals surface area contributed by atoms with E-state index < -0.39 is 0 Å². The van der Waals surface area contributed by atoms with Gasteiger partial charge in [-0.1, -0.05) is 38.1 Å². The number of rotatable bonds is 3. The van der Waals surface area contributed by atoms with E-state index in [-0.39, 0.29) is 18.3 Å². The van der Waals surface area contributed by atoms with Crippen LogP contribution in [-0.2, 0) is 4.79 Å². The van der Waals surface area contributed by atoms with Crippen LogP contribution in [0.5, 0.6) is 0 Å². The normalized spacial score (nSPS) is 31.2. The molecule has 2 saturated heterocycles. The van der Waals surface area contributed by atoms with Gasteiger partial charge in [0.2, 0.25) is 5.91 Å². The number of halogens is 1. The first kappa shape index (κ1) is 18.7. The van der Waals surface area contributed by atoms with Crippen LogP contribution in [-0.4, -0.2) is 37.0 Å². The number of likely N-dealkylation sites (tertiary alicyclic amines) is 1. The fraction of sp³-hybridized carbons (Fsp3) is 0.667. The predicted octanol–water partition coefficient (Wildman–Crippen LogP) is 3.79. The molecule has 1 aromatic rings. The van der Waals surface area contributed by atoms with Crippen LogP contribution in [0.2, 0.25) is 0 Å². The van der Waals surface area contributed by atoms with Gasteiger partial charge in [-0.15, -0.1) is 12.4 Å². The number of fused-ring (bicyclic) bond motifs is 1. The summed E-state index contributed by atoms with van der Waals surface area (Å²) in [5, 5.41) is 3.51. The third-order valence-electron chi connectivity index (χ3n) is 6.47. The molecule has 0 aromatic heterocycles. The van der Waals surface area contributed by atoms with E-state index in [1.165, 1.54) is 24.0 Å². The molecule has 2 aliphatic heterocycles. The Bertz CT molecular complexity index is 586. The van der Waals surface area contributed by atoms with Crippen LogP contribution in [0.3, 0.4) is 0 Å². The Balaban J connectivity index is 0.00000182. The first-order valence-electron chi connectivity index (χ1n) is 9.73. The Kier molecular flexibility index (Phi) is 5.75. The van der Waals surface area contributed by atoms with E-state index >= 15 is 0 Å². The molecule has 3 aliphatic rings. The minimum absolute atomic E-state index is 0. The molecule has 3 fully saturated rings. The van der Waals surface area contributed by atoms with Gasteiger partial charge in [0, 0.05) is 19.0 Å². The zero-order chi connectivity index (χ0) is 16.7. The summed E-state index contributed by atoms with van der Waals surface area (Å²) in [6.07, 6.45) is 3.42. The third-order valence-corrected chi connectivity index (χ3v) is 6.47. The fourth-order valence-corrected chi connectivity index (χ4v) is 4.64. The number of nitrogens with one attached hydrogen (secondary N) is 1. The number of hydrogen-bond acceptors (Lipinski definition) is 2. The number of nitrogens with zero attached hydrogens (tertiary/aromatic N) is 1. The molecule has 4 heteroatoms. The van der Waals surface area contributed by atoms with Gasteiger partial charge in [0.1, 0.15) is 0 Å². The number of amides is 1. The van der Waals surface area contributed by atoms with E-state index in [1.807, 2.05) is 0 Å². The molecule has 0 radical (unpaired) electrons. The minimum atomic E-state index is 0. The summed E-state index contributed by atoms with van der Waals surface area (Å²) < 4.78 is 0. The second kappa shape index (κ2) is 7.67. The van der Waals surface area contributed by atoms with E-state index in [0.29, 0.717) is 17.7 Å². The van der Waals surface area contributed by atoms with E-state index in [4.69, 9.17) is 0 Å². The highest BCUT2D eigenvalue weighted by Gasteiger charge is 2.46. The molecule has 0 spiro atoms. The maximum atomic E-state index is 12.9. The molecule has 1 aliphatic carbocycles. The van der Waals surface area contributed by atoms with Crippen LogP contribution in [0.1, 0.15) is 56.1 Å². The fourth-order valence-electron chi connectivity index (χ4n) is 4.64. The van der Waals surface area contributed by atoms with Crippen molar-refractivity contribution in [1.82, 2.24) is 10.2 Å². The number of carbonyl (C=O) groups excluding carboxylic acids is 1. The second-order valence-corrected chi connectivity index (χ2v) is 8.35. The lowest BCUT2D eigenvalue weighted by Crippen LogP contribution is -2.34. The van der Waals surface area contributed by atoms with Crippen LogP contribution in [0, 0.1) is 17.8 Å². The van der Waals surface area contributed by atoms with Crippen molar-refractivity contribution in [1.29, 1.82) is 0 Å². The SMILES string of the molecule is CC(C)c1ccc(C2CC2C(=O)N2CC[C@@H]3CNC[C@@H]3CC2)cc1.Cl. The van der Waals surface area contributed by atoms with E-state index in [2.05, 4.69) is 48.3 Å². The molecule has 3 nitrogen and oxygen atoms in total. The van der Waals surface area contributed by atoms with Gasteiger partial charge in [-0.3, -0.25) is 4.79 Å². The van der Waals surface area contributed by atoms with Gasteiger partial charge in [0.25, 0.3) is 0 Å². The highest BCUT2D eigenvalue weighted by Crippen LogP contribution is 2.49. The van der Waals surface area contributed by atoms with E-state index in [9.17, 15) is 4.79 Å². The topological polar surface area (TPSA) is 32.3 Å². The molecular formula is C21H31ClN2O. The molecule has 1 amide bonds. The summed E-state index contributed by atoms with van der Waals surface area (Å²) in [5.74, 6) is 3.28. The summed E-state index contributed by atoms with van der Waals surface area (Å²) in [6, 6.07) is 8.96. The quantitative estimate of drug-likeness (QED) is 0.887. The number of benzene rings is 1. The van der Waals surface area contributed by atoms with Crippen molar-refractivity contribution in [2.75, 3.05) is 26.2 Å². The maximum absolute atomic E-state index is 12.9. The van der Waals surface area contributed by atoms with Crippen molar-refractivity contribution >= 4 is 18.3 Å². The van der Waals surface area contributed by atoms with Crippen molar-refractivity contribution in [2.45, 2.75) is 44.9 Å².